The molecular weight excluding hydrogens is 433 g/mol. The summed E-state index contributed by atoms with van der Waals surface area (Å²) in [6.45, 7) is 5.42. The summed E-state index contributed by atoms with van der Waals surface area (Å²) >= 11 is 1.62. The number of nitrogens with one attached hydrogen (secondary N) is 1. The number of rotatable bonds is 4. The van der Waals surface area contributed by atoms with E-state index in [0.29, 0.717) is 6.20 Å². The van der Waals surface area contributed by atoms with E-state index >= 15 is 0 Å². The van der Waals surface area contributed by atoms with E-state index in [0.717, 1.165) is 25.8 Å². The van der Waals surface area contributed by atoms with E-state index in [4.69, 9.17) is 19.9 Å². The molecule has 0 radical (unpaired) electrons. The number of nitrogens with two attached hydrogens (primary N) is 1. The van der Waals surface area contributed by atoms with Gasteiger partial charge >= 0.3 is 6.18 Å². The largest absolute Gasteiger partial charge is 0.434 e. The maximum absolute atomic E-state index is 11.8. The fourth-order valence-electron chi connectivity index (χ4n) is 3.22. The van der Waals surface area contributed by atoms with Crippen molar-refractivity contribution >= 4 is 17.8 Å². The number of halogens is 3. The Labute approximate surface area is 183 Å². The van der Waals surface area contributed by atoms with Gasteiger partial charge in [0.25, 0.3) is 0 Å². The van der Waals surface area contributed by atoms with Crippen molar-refractivity contribution in [3.05, 3.63) is 48.4 Å². The lowest BCUT2D eigenvalue weighted by molar-refractivity contribution is -0.153. The van der Waals surface area contributed by atoms with Crippen molar-refractivity contribution in [2.45, 2.75) is 55.4 Å². The number of nitrogen functional groups attached to an aromatic ring is 1. The van der Waals surface area contributed by atoms with Crippen LogP contribution in [0.1, 0.15) is 26.0 Å². The van der Waals surface area contributed by atoms with Crippen LogP contribution in [-0.4, -0.2) is 47.2 Å². The number of fused-ring (bicyclic) bond motifs is 1. The number of alkyl halides is 3. The molecular formula is C20H25F3N4O3S. The molecule has 1 aromatic carbocycles. The lowest BCUT2D eigenvalue weighted by Gasteiger charge is -2.31. The lowest BCUT2D eigenvalue weighted by atomic mass is 10.0. The van der Waals surface area contributed by atoms with E-state index in [1.54, 1.807) is 11.9 Å². The third kappa shape index (κ3) is 7.04. The van der Waals surface area contributed by atoms with Crippen LogP contribution in [0.15, 0.2) is 47.6 Å². The lowest BCUT2D eigenvalue weighted by Crippen LogP contribution is -2.46. The highest BCUT2D eigenvalue weighted by atomic mass is 32.2. The number of nitrogens with zero attached hydrogens (tertiary/aromatic N) is 2. The summed E-state index contributed by atoms with van der Waals surface area (Å²) in [6.07, 6.45) is -1.65. The second-order valence-corrected chi connectivity index (χ2v) is 8.39. The molecule has 2 fully saturated rings. The summed E-state index contributed by atoms with van der Waals surface area (Å²) < 4.78 is 56.5. The van der Waals surface area contributed by atoms with Crippen LogP contribution < -0.4 is 10.5 Å². The van der Waals surface area contributed by atoms with Gasteiger partial charge in [0.15, 0.2) is 11.5 Å². The summed E-state index contributed by atoms with van der Waals surface area (Å²) in [5, 5.41) is 0. The van der Waals surface area contributed by atoms with Crippen LogP contribution in [0.5, 0.6) is 0 Å². The molecule has 3 unspecified atom stereocenters. The van der Waals surface area contributed by atoms with E-state index in [2.05, 4.69) is 26.8 Å². The summed E-state index contributed by atoms with van der Waals surface area (Å²) in [7, 11) is 0. The van der Waals surface area contributed by atoms with Gasteiger partial charge in [-0.15, -0.1) is 0 Å². The molecule has 31 heavy (non-hydrogen) atoms. The topological polar surface area (TPSA) is 91.5 Å². The van der Waals surface area contributed by atoms with Crippen molar-refractivity contribution in [1.82, 2.24) is 14.7 Å². The molecule has 0 spiro atoms. The number of ether oxygens (including phenoxy) is 3. The normalized spacial score (nSPS) is 24.7. The van der Waals surface area contributed by atoms with Gasteiger partial charge in [-0.2, -0.15) is 13.2 Å². The minimum absolute atomic E-state index is 0.0302. The summed E-state index contributed by atoms with van der Waals surface area (Å²) in [5.74, 6) is -0.728. The van der Waals surface area contributed by atoms with Gasteiger partial charge in [-0.05, 0) is 44.3 Å². The molecule has 0 amide bonds. The Kier molecular flexibility index (Phi) is 7.76. The monoisotopic (exact) mass is 458 g/mol. The van der Waals surface area contributed by atoms with Gasteiger partial charge < -0.3 is 19.9 Å². The average Bonchev–Trinajstić information content (AvgIpc) is 3.03. The van der Waals surface area contributed by atoms with Crippen molar-refractivity contribution in [1.29, 1.82) is 0 Å². The van der Waals surface area contributed by atoms with Gasteiger partial charge in [0, 0.05) is 18.0 Å². The molecule has 2 aliphatic rings. The van der Waals surface area contributed by atoms with Crippen LogP contribution in [0.25, 0.3) is 0 Å². The Hall–Kier alpha value is -1.92. The minimum atomic E-state index is -4.47. The van der Waals surface area contributed by atoms with Crippen molar-refractivity contribution < 1.29 is 27.4 Å². The fourth-order valence-corrected chi connectivity index (χ4v) is 3.93. The first kappa shape index (κ1) is 23.7. The van der Waals surface area contributed by atoms with Crippen molar-refractivity contribution in [2.75, 3.05) is 18.9 Å². The molecule has 1 aromatic heterocycles. The van der Waals surface area contributed by atoms with Gasteiger partial charge in [0.2, 0.25) is 0 Å². The smallest absolute Gasteiger partial charge is 0.382 e. The maximum atomic E-state index is 11.8. The molecule has 2 aliphatic heterocycles. The maximum Gasteiger partial charge on any atom is 0.434 e. The van der Waals surface area contributed by atoms with E-state index in [-0.39, 0.29) is 24.1 Å². The van der Waals surface area contributed by atoms with Crippen LogP contribution in [0.3, 0.4) is 0 Å². The molecule has 0 aliphatic carbocycles. The third-order valence-electron chi connectivity index (χ3n) is 4.48. The highest BCUT2D eigenvalue weighted by molar-refractivity contribution is 7.97. The van der Waals surface area contributed by atoms with Crippen molar-refractivity contribution in [3.63, 3.8) is 0 Å². The number of benzene rings is 1. The second kappa shape index (κ2) is 10.1. The third-order valence-corrected chi connectivity index (χ3v) is 5.30. The number of aromatic nitrogens is 2. The van der Waals surface area contributed by atoms with Gasteiger partial charge in [-0.25, -0.2) is 4.98 Å². The average molecular weight is 459 g/mol. The van der Waals surface area contributed by atoms with Gasteiger partial charge in [-0.1, -0.05) is 18.2 Å². The Morgan fingerprint density at radius 1 is 1.19 bits per heavy atom. The second-order valence-electron chi connectivity index (χ2n) is 7.43. The highest BCUT2D eigenvalue weighted by Gasteiger charge is 2.47. The van der Waals surface area contributed by atoms with E-state index < -0.39 is 17.7 Å². The van der Waals surface area contributed by atoms with Crippen LogP contribution in [-0.2, 0) is 20.4 Å². The highest BCUT2D eigenvalue weighted by Crippen LogP contribution is 2.35. The number of hydrogen-bond acceptors (Lipinski definition) is 8. The summed E-state index contributed by atoms with van der Waals surface area (Å²) in [6, 6.07) is 10.3. The molecule has 4 rings (SSSR count). The van der Waals surface area contributed by atoms with Gasteiger partial charge in [0.1, 0.15) is 11.9 Å². The Balaban J connectivity index is 0.000000210. The first-order valence-corrected chi connectivity index (χ1v) is 10.5. The molecule has 3 atom stereocenters. The Bertz CT molecular complexity index is 842. The predicted octanol–water partition coefficient (Wildman–Crippen LogP) is 3.67. The quantitative estimate of drug-likeness (QED) is 0.671. The molecule has 0 bridgehead atoms. The van der Waals surface area contributed by atoms with Crippen LogP contribution in [0.2, 0.25) is 0 Å². The zero-order valence-electron chi connectivity index (χ0n) is 17.1. The van der Waals surface area contributed by atoms with E-state index in [9.17, 15) is 13.2 Å². The molecule has 2 saturated heterocycles. The molecule has 170 valence electrons. The zero-order chi connectivity index (χ0) is 22.5. The Morgan fingerprint density at radius 3 is 2.58 bits per heavy atom. The Morgan fingerprint density at radius 2 is 1.94 bits per heavy atom. The summed E-state index contributed by atoms with van der Waals surface area (Å²) in [4.78, 5) is 7.48. The standard InChI is InChI=1S/C15H21NO3S.C5H4F3N3/c1-15(2)18-12-8-9-17-13(14(12)19-15)10-16-20-11-6-4-3-5-7-11;6-5(7,8)3-1-10-2-4(9)11-3/h3-7,12-14,16H,8-10H2,1-2H3;1-2H,(H2,9,11). The van der Waals surface area contributed by atoms with E-state index in [1.807, 2.05) is 32.0 Å². The predicted molar refractivity (Wildman–Crippen MR) is 110 cm³/mol. The van der Waals surface area contributed by atoms with Crippen molar-refractivity contribution in [3.8, 4) is 0 Å². The first-order valence-electron chi connectivity index (χ1n) is 9.71. The van der Waals surface area contributed by atoms with Gasteiger partial charge in [0.05, 0.1) is 24.6 Å². The van der Waals surface area contributed by atoms with Crippen LogP contribution in [0.4, 0.5) is 19.0 Å². The fraction of sp³-hybridized carbons (Fsp3) is 0.500. The SMILES string of the molecule is CC1(C)OC2CCOC(CNSc3ccccc3)C2O1.Nc1cncc(C(F)(F)F)n1. The van der Waals surface area contributed by atoms with Crippen LogP contribution >= 0.6 is 11.9 Å². The molecule has 3 heterocycles. The minimum Gasteiger partial charge on any atom is -0.382 e. The van der Waals surface area contributed by atoms with E-state index in [1.165, 1.54) is 4.90 Å². The van der Waals surface area contributed by atoms with Crippen molar-refractivity contribution in [2.24, 2.45) is 0 Å². The van der Waals surface area contributed by atoms with Gasteiger partial charge in [-0.3, -0.25) is 9.71 Å². The molecule has 7 nitrogen and oxygen atoms in total. The number of anilines is 1. The summed E-state index contributed by atoms with van der Waals surface area (Å²) in [5.41, 5.74) is 3.91. The molecule has 11 heteroatoms. The zero-order valence-corrected chi connectivity index (χ0v) is 17.9. The van der Waals surface area contributed by atoms with Crippen LogP contribution in [0, 0.1) is 0 Å². The number of hydrogen-bond donors (Lipinski definition) is 2. The molecule has 3 N–H and O–H groups in total. The molecule has 0 saturated carbocycles. The first-order chi connectivity index (χ1) is 14.6. The molecule has 2 aromatic rings.